The standard InChI is InChI=1S/C17H15NO2/c1-3-13-20-16-11-9-14(10-12-16)17(19)18(2)15-7-5-4-6-8-15/h1,4-12H,13H2,2H3. The van der Waals surface area contributed by atoms with E-state index in [1.54, 1.807) is 36.2 Å². The van der Waals surface area contributed by atoms with Gasteiger partial charge >= 0.3 is 0 Å². The van der Waals surface area contributed by atoms with E-state index in [9.17, 15) is 4.79 Å². The van der Waals surface area contributed by atoms with Gasteiger partial charge in [-0.1, -0.05) is 24.1 Å². The normalized spacial score (nSPS) is 9.60. The van der Waals surface area contributed by atoms with E-state index in [-0.39, 0.29) is 12.5 Å². The first-order valence-corrected chi connectivity index (χ1v) is 6.22. The molecule has 0 saturated carbocycles. The van der Waals surface area contributed by atoms with Gasteiger partial charge < -0.3 is 9.64 Å². The molecule has 0 aromatic heterocycles. The van der Waals surface area contributed by atoms with E-state index in [2.05, 4.69) is 5.92 Å². The molecule has 0 radical (unpaired) electrons. The Morgan fingerprint density at radius 1 is 1.15 bits per heavy atom. The molecule has 1 amide bonds. The number of nitrogens with zero attached hydrogens (tertiary/aromatic N) is 1. The third kappa shape index (κ3) is 3.18. The van der Waals surface area contributed by atoms with E-state index >= 15 is 0 Å². The lowest BCUT2D eigenvalue weighted by atomic mass is 10.2. The van der Waals surface area contributed by atoms with Gasteiger partial charge in [-0.25, -0.2) is 0 Å². The Morgan fingerprint density at radius 2 is 1.80 bits per heavy atom. The third-order valence-electron chi connectivity index (χ3n) is 2.87. The molecule has 0 spiro atoms. The Kier molecular flexibility index (Phi) is 4.41. The number of amides is 1. The lowest BCUT2D eigenvalue weighted by Gasteiger charge is -2.17. The maximum absolute atomic E-state index is 12.3. The summed E-state index contributed by atoms with van der Waals surface area (Å²) in [5, 5.41) is 0. The van der Waals surface area contributed by atoms with Gasteiger partial charge in [0.05, 0.1) is 0 Å². The van der Waals surface area contributed by atoms with Crippen LogP contribution in [0.4, 0.5) is 5.69 Å². The number of anilines is 1. The maximum atomic E-state index is 12.3. The third-order valence-corrected chi connectivity index (χ3v) is 2.87. The molecular weight excluding hydrogens is 250 g/mol. The second kappa shape index (κ2) is 6.44. The molecule has 0 atom stereocenters. The van der Waals surface area contributed by atoms with Crippen LogP contribution < -0.4 is 9.64 Å². The Morgan fingerprint density at radius 3 is 2.40 bits per heavy atom. The highest BCUT2D eigenvalue weighted by atomic mass is 16.5. The zero-order valence-electron chi connectivity index (χ0n) is 11.2. The minimum absolute atomic E-state index is 0.0697. The van der Waals surface area contributed by atoms with Gasteiger partial charge in [-0.3, -0.25) is 4.79 Å². The van der Waals surface area contributed by atoms with Gasteiger partial charge in [-0.15, -0.1) is 6.42 Å². The monoisotopic (exact) mass is 265 g/mol. The number of terminal acetylenes is 1. The highest BCUT2D eigenvalue weighted by Crippen LogP contribution is 2.17. The van der Waals surface area contributed by atoms with Crippen molar-refractivity contribution in [1.29, 1.82) is 0 Å². The molecule has 3 heteroatoms. The van der Waals surface area contributed by atoms with Gasteiger partial charge in [0.1, 0.15) is 12.4 Å². The Hall–Kier alpha value is -2.73. The van der Waals surface area contributed by atoms with E-state index in [1.165, 1.54) is 0 Å². The van der Waals surface area contributed by atoms with Crippen LogP contribution in [0.3, 0.4) is 0 Å². The van der Waals surface area contributed by atoms with E-state index in [0.717, 1.165) is 5.69 Å². The van der Waals surface area contributed by atoms with Crippen LogP contribution in [-0.2, 0) is 0 Å². The Balaban J connectivity index is 2.11. The van der Waals surface area contributed by atoms with Crippen molar-refractivity contribution in [3.8, 4) is 18.1 Å². The quantitative estimate of drug-likeness (QED) is 0.795. The summed E-state index contributed by atoms with van der Waals surface area (Å²) in [4.78, 5) is 13.9. The molecule has 0 bridgehead atoms. The molecule has 2 aromatic carbocycles. The Bertz CT molecular complexity index is 612. The summed E-state index contributed by atoms with van der Waals surface area (Å²) in [6, 6.07) is 16.4. The lowest BCUT2D eigenvalue weighted by Crippen LogP contribution is -2.25. The van der Waals surface area contributed by atoms with Gasteiger partial charge in [0.15, 0.2) is 0 Å². The summed E-state index contributed by atoms with van der Waals surface area (Å²) < 4.78 is 5.27. The maximum Gasteiger partial charge on any atom is 0.258 e. The van der Waals surface area contributed by atoms with Crippen LogP contribution in [0.2, 0.25) is 0 Å². The van der Waals surface area contributed by atoms with Crippen molar-refractivity contribution in [2.75, 3.05) is 18.6 Å². The highest BCUT2D eigenvalue weighted by Gasteiger charge is 2.12. The van der Waals surface area contributed by atoms with E-state index < -0.39 is 0 Å². The number of carbonyl (C=O) groups excluding carboxylic acids is 1. The molecule has 0 N–H and O–H groups in total. The van der Waals surface area contributed by atoms with E-state index in [4.69, 9.17) is 11.2 Å². The van der Waals surface area contributed by atoms with Crippen LogP contribution >= 0.6 is 0 Å². The molecule has 0 aliphatic carbocycles. The van der Waals surface area contributed by atoms with Crippen molar-refractivity contribution in [3.63, 3.8) is 0 Å². The predicted molar refractivity (Wildman–Crippen MR) is 79.9 cm³/mol. The first kappa shape index (κ1) is 13.7. The second-order valence-corrected chi connectivity index (χ2v) is 4.22. The van der Waals surface area contributed by atoms with Crippen molar-refractivity contribution in [2.45, 2.75) is 0 Å². The van der Waals surface area contributed by atoms with Gasteiger partial charge in [0, 0.05) is 18.3 Å². The first-order chi connectivity index (χ1) is 9.72. The summed E-state index contributed by atoms with van der Waals surface area (Å²) in [6.07, 6.45) is 5.12. The average Bonchev–Trinajstić information content (AvgIpc) is 2.53. The zero-order valence-corrected chi connectivity index (χ0v) is 11.2. The minimum Gasteiger partial charge on any atom is -0.481 e. The van der Waals surface area contributed by atoms with Crippen LogP contribution in [0, 0.1) is 12.3 Å². The summed E-state index contributed by atoms with van der Waals surface area (Å²) >= 11 is 0. The molecular formula is C17H15NO2. The van der Waals surface area contributed by atoms with Crippen molar-refractivity contribution < 1.29 is 9.53 Å². The summed E-state index contributed by atoms with van der Waals surface area (Å²) in [5.41, 5.74) is 1.45. The lowest BCUT2D eigenvalue weighted by molar-refractivity contribution is 0.0993. The number of carbonyl (C=O) groups is 1. The SMILES string of the molecule is C#CCOc1ccc(C(=O)N(C)c2ccccc2)cc1. The molecule has 100 valence electrons. The summed E-state index contributed by atoms with van der Waals surface area (Å²) in [7, 11) is 1.75. The fourth-order valence-electron chi connectivity index (χ4n) is 1.78. The molecule has 0 unspecified atom stereocenters. The number of ether oxygens (including phenoxy) is 1. The smallest absolute Gasteiger partial charge is 0.258 e. The molecule has 20 heavy (non-hydrogen) atoms. The topological polar surface area (TPSA) is 29.5 Å². The molecule has 3 nitrogen and oxygen atoms in total. The van der Waals surface area contributed by atoms with Gasteiger partial charge in [-0.2, -0.15) is 0 Å². The van der Waals surface area contributed by atoms with Crippen molar-refractivity contribution >= 4 is 11.6 Å². The van der Waals surface area contributed by atoms with Crippen LogP contribution in [-0.4, -0.2) is 19.6 Å². The fraction of sp³-hybridized carbons (Fsp3) is 0.118. The van der Waals surface area contributed by atoms with Gasteiger partial charge in [-0.05, 0) is 36.4 Å². The van der Waals surface area contributed by atoms with Crippen molar-refractivity contribution in [1.82, 2.24) is 0 Å². The van der Waals surface area contributed by atoms with Crippen LogP contribution in [0.25, 0.3) is 0 Å². The van der Waals surface area contributed by atoms with Gasteiger partial charge in [0.25, 0.3) is 5.91 Å². The largest absolute Gasteiger partial charge is 0.481 e. The number of hydrogen-bond acceptors (Lipinski definition) is 2. The molecule has 0 aliphatic rings. The van der Waals surface area contributed by atoms with Crippen LogP contribution in [0.5, 0.6) is 5.75 Å². The van der Waals surface area contributed by atoms with E-state index in [1.807, 2.05) is 30.3 Å². The van der Waals surface area contributed by atoms with Gasteiger partial charge in [0.2, 0.25) is 0 Å². The fourth-order valence-corrected chi connectivity index (χ4v) is 1.78. The molecule has 2 rings (SSSR count). The predicted octanol–water partition coefficient (Wildman–Crippen LogP) is 2.98. The number of hydrogen-bond donors (Lipinski definition) is 0. The van der Waals surface area contributed by atoms with Crippen LogP contribution in [0.15, 0.2) is 54.6 Å². The number of rotatable bonds is 4. The molecule has 0 saturated heterocycles. The second-order valence-electron chi connectivity index (χ2n) is 4.22. The molecule has 0 fully saturated rings. The van der Waals surface area contributed by atoms with Crippen LogP contribution in [0.1, 0.15) is 10.4 Å². The Labute approximate surface area is 118 Å². The first-order valence-electron chi connectivity index (χ1n) is 6.22. The number of para-hydroxylation sites is 1. The molecule has 0 heterocycles. The summed E-state index contributed by atoms with van der Waals surface area (Å²) in [6.45, 7) is 0.219. The minimum atomic E-state index is -0.0697. The highest BCUT2D eigenvalue weighted by molar-refractivity contribution is 6.05. The number of benzene rings is 2. The molecule has 0 aliphatic heterocycles. The van der Waals surface area contributed by atoms with Crippen molar-refractivity contribution in [3.05, 3.63) is 60.2 Å². The average molecular weight is 265 g/mol. The summed E-state index contributed by atoms with van der Waals surface area (Å²) in [5.74, 6) is 2.98. The van der Waals surface area contributed by atoms with E-state index in [0.29, 0.717) is 11.3 Å². The molecule has 2 aromatic rings. The van der Waals surface area contributed by atoms with Crippen molar-refractivity contribution in [2.24, 2.45) is 0 Å². The zero-order chi connectivity index (χ0) is 14.4.